The van der Waals surface area contributed by atoms with Crippen LogP contribution in [0, 0.1) is 34.5 Å². The minimum atomic E-state index is -0.117. The van der Waals surface area contributed by atoms with Gasteiger partial charge in [-0.3, -0.25) is 0 Å². The highest BCUT2D eigenvalue weighted by Crippen LogP contribution is 2.66. The zero-order valence-electron chi connectivity index (χ0n) is 17.8. The van der Waals surface area contributed by atoms with Gasteiger partial charge in [0.2, 0.25) is 0 Å². The van der Waals surface area contributed by atoms with Gasteiger partial charge >= 0.3 is 0 Å². The van der Waals surface area contributed by atoms with Crippen molar-refractivity contribution in [1.29, 1.82) is 0 Å². The van der Waals surface area contributed by atoms with Gasteiger partial charge in [0, 0.05) is 23.9 Å². The quantitative estimate of drug-likeness (QED) is 0.660. The molecule has 0 saturated heterocycles. The molecule has 0 amide bonds. The summed E-state index contributed by atoms with van der Waals surface area (Å²) < 4.78 is 0. The Kier molecular flexibility index (Phi) is 4.39. The summed E-state index contributed by atoms with van der Waals surface area (Å²) in [4.78, 5) is 6.80. The van der Waals surface area contributed by atoms with Crippen molar-refractivity contribution in [3.05, 3.63) is 35.7 Å². The molecule has 1 heterocycles. The minimum Gasteiger partial charge on any atom is -0.393 e. The zero-order valence-corrected chi connectivity index (χ0v) is 17.8. The molecule has 5 rings (SSSR count). The first-order valence-corrected chi connectivity index (χ1v) is 11.5. The smallest absolute Gasteiger partial charge is 0.0949 e. The number of aliphatic hydroxyl groups excluding tert-OH is 1. The predicted octanol–water partition coefficient (Wildman–Crippen LogP) is 5.30. The number of aliphatic imine (C=N–C) groups is 1. The lowest BCUT2D eigenvalue weighted by Gasteiger charge is -2.60. The number of rotatable bonds is 2. The Morgan fingerprint density at radius 3 is 2.75 bits per heavy atom. The van der Waals surface area contributed by atoms with Gasteiger partial charge in [-0.25, -0.2) is 4.99 Å². The van der Waals surface area contributed by atoms with Gasteiger partial charge in [-0.05, 0) is 80.1 Å². The fourth-order valence-corrected chi connectivity index (χ4v) is 7.74. The van der Waals surface area contributed by atoms with Crippen molar-refractivity contribution in [2.45, 2.75) is 71.8 Å². The van der Waals surface area contributed by atoms with Gasteiger partial charge in [-0.15, -0.1) is 0 Å². The van der Waals surface area contributed by atoms with Gasteiger partial charge in [0.15, 0.2) is 0 Å². The molecule has 2 fully saturated rings. The van der Waals surface area contributed by atoms with Crippen LogP contribution in [0.15, 0.2) is 40.7 Å². The van der Waals surface area contributed by atoms with Crippen LogP contribution in [-0.4, -0.2) is 29.0 Å². The number of hydrogen-bond acceptors (Lipinski definition) is 3. The minimum absolute atomic E-state index is 0.117. The van der Waals surface area contributed by atoms with E-state index in [0.29, 0.717) is 11.3 Å². The lowest BCUT2D eigenvalue weighted by Crippen LogP contribution is -2.53. The van der Waals surface area contributed by atoms with E-state index in [9.17, 15) is 5.11 Å². The number of aliphatic hydroxyl groups is 1. The molecule has 3 heteroatoms. The molecule has 1 aliphatic heterocycles. The SMILES string of the molecule is CC[C@H]1C=C2C[C@H](O)CC[C@]2(C)[C@H]2CC[C@]3(C)C(N4C=NC=CC4)=CC[C@H]3[C@H]12. The number of hydrogen-bond donors (Lipinski definition) is 1. The van der Waals surface area contributed by atoms with Crippen molar-refractivity contribution < 1.29 is 5.11 Å². The molecular formula is C25H36N2O. The molecule has 0 radical (unpaired) electrons. The van der Waals surface area contributed by atoms with Crippen molar-refractivity contribution in [3.8, 4) is 0 Å². The van der Waals surface area contributed by atoms with Crippen LogP contribution in [0.2, 0.25) is 0 Å². The van der Waals surface area contributed by atoms with Gasteiger partial charge in [0.1, 0.15) is 0 Å². The molecule has 0 aromatic heterocycles. The summed E-state index contributed by atoms with van der Waals surface area (Å²) in [7, 11) is 0. The van der Waals surface area contributed by atoms with E-state index in [1.807, 2.05) is 12.5 Å². The lowest BCUT2D eigenvalue weighted by molar-refractivity contribution is -0.0553. The highest BCUT2D eigenvalue weighted by Gasteiger charge is 2.59. The zero-order chi connectivity index (χ0) is 19.5. The molecular weight excluding hydrogens is 344 g/mol. The summed E-state index contributed by atoms with van der Waals surface area (Å²) in [6, 6.07) is 0. The van der Waals surface area contributed by atoms with Gasteiger partial charge in [0.05, 0.1) is 12.4 Å². The monoisotopic (exact) mass is 380 g/mol. The van der Waals surface area contributed by atoms with Crippen molar-refractivity contribution in [2.75, 3.05) is 6.54 Å². The number of fused-ring (bicyclic) bond motifs is 5. The van der Waals surface area contributed by atoms with Crippen LogP contribution < -0.4 is 0 Å². The summed E-state index contributed by atoms with van der Waals surface area (Å²) in [6.07, 6.45) is 19.3. The van der Waals surface area contributed by atoms with Crippen LogP contribution in [0.3, 0.4) is 0 Å². The number of allylic oxidation sites excluding steroid dienone is 3. The van der Waals surface area contributed by atoms with E-state index in [2.05, 4.69) is 48.9 Å². The molecule has 152 valence electrons. The van der Waals surface area contributed by atoms with Crippen LogP contribution >= 0.6 is 0 Å². The summed E-state index contributed by atoms with van der Waals surface area (Å²) >= 11 is 0. The van der Waals surface area contributed by atoms with Gasteiger partial charge in [-0.2, -0.15) is 0 Å². The molecule has 0 bridgehead atoms. The van der Waals surface area contributed by atoms with Crippen molar-refractivity contribution in [3.63, 3.8) is 0 Å². The molecule has 0 spiro atoms. The maximum Gasteiger partial charge on any atom is 0.0949 e. The molecule has 28 heavy (non-hydrogen) atoms. The molecule has 5 aliphatic rings. The molecule has 1 N–H and O–H groups in total. The van der Waals surface area contributed by atoms with Gasteiger partial charge in [0.25, 0.3) is 0 Å². The topological polar surface area (TPSA) is 35.8 Å². The third-order valence-corrected chi connectivity index (χ3v) is 9.27. The molecule has 7 atom stereocenters. The first-order chi connectivity index (χ1) is 13.5. The summed E-state index contributed by atoms with van der Waals surface area (Å²) in [5.41, 5.74) is 3.71. The molecule has 0 aromatic carbocycles. The molecule has 3 nitrogen and oxygen atoms in total. The second-order valence-corrected chi connectivity index (χ2v) is 10.5. The van der Waals surface area contributed by atoms with E-state index in [1.165, 1.54) is 37.8 Å². The third kappa shape index (κ3) is 2.54. The van der Waals surface area contributed by atoms with Crippen molar-refractivity contribution >= 4 is 6.34 Å². The number of nitrogens with zero attached hydrogens (tertiary/aromatic N) is 2. The second-order valence-electron chi connectivity index (χ2n) is 10.5. The fraction of sp³-hybridized carbons (Fsp3) is 0.720. The lowest BCUT2D eigenvalue weighted by atomic mass is 9.45. The third-order valence-electron chi connectivity index (χ3n) is 9.27. The van der Waals surface area contributed by atoms with Crippen molar-refractivity contribution in [1.82, 2.24) is 4.90 Å². The Labute approximate surface area is 170 Å². The highest BCUT2D eigenvalue weighted by atomic mass is 16.3. The van der Waals surface area contributed by atoms with Gasteiger partial charge < -0.3 is 10.0 Å². The largest absolute Gasteiger partial charge is 0.393 e. The Morgan fingerprint density at radius 1 is 1.18 bits per heavy atom. The standard InChI is InChI=1S/C25H36N2O/c1-4-17-14-18-15-19(28)8-10-24(18,2)21-9-11-25(3)20(23(17)21)6-7-22(25)27-13-5-12-26-16-27/h5,7,12,14,16-17,19-21,23,28H,4,6,8-11,13,15H2,1-3H3/t17-,19+,20-,21-,23-,24-,25-/m0/s1. The van der Waals surface area contributed by atoms with Crippen LogP contribution in [-0.2, 0) is 0 Å². The van der Waals surface area contributed by atoms with E-state index in [-0.39, 0.29) is 11.5 Å². The Morgan fingerprint density at radius 2 is 2.00 bits per heavy atom. The maximum absolute atomic E-state index is 10.3. The summed E-state index contributed by atoms with van der Waals surface area (Å²) in [5.74, 6) is 2.97. The van der Waals surface area contributed by atoms with E-state index >= 15 is 0 Å². The van der Waals surface area contributed by atoms with E-state index in [0.717, 1.165) is 37.1 Å². The van der Waals surface area contributed by atoms with E-state index in [1.54, 1.807) is 5.57 Å². The Bertz CT molecular complexity index is 765. The van der Waals surface area contributed by atoms with Crippen LogP contribution in [0.25, 0.3) is 0 Å². The molecule has 0 unspecified atom stereocenters. The van der Waals surface area contributed by atoms with Crippen LogP contribution in [0.1, 0.15) is 65.7 Å². The average Bonchev–Trinajstić information content (AvgIpc) is 3.06. The normalized spacial score (nSPS) is 47.1. The summed E-state index contributed by atoms with van der Waals surface area (Å²) in [5, 5.41) is 10.3. The average molecular weight is 381 g/mol. The summed E-state index contributed by atoms with van der Waals surface area (Å²) in [6.45, 7) is 8.40. The van der Waals surface area contributed by atoms with E-state index < -0.39 is 0 Å². The second kappa shape index (κ2) is 6.58. The Hall–Kier alpha value is -1.35. The van der Waals surface area contributed by atoms with Crippen LogP contribution in [0.5, 0.6) is 0 Å². The predicted molar refractivity (Wildman–Crippen MR) is 115 cm³/mol. The first kappa shape index (κ1) is 18.7. The molecule has 4 aliphatic carbocycles. The molecule has 2 saturated carbocycles. The fourth-order valence-electron chi connectivity index (χ4n) is 7.74. The Balaban J connectivity index is 1.50. The van der Waals surface area contributed by atoms with Gasteiger partial charge in [-0.1, -0.05) is 38.5 Å². The maximum atomic E-state index is 10.3. The van der Waals surface area contributed by atoms with Crippen molar-refractivity contribution in [2.24, 2.45) is 39.5 Å². The first-order valence-electron chi connectivity index (χ1n) is 11.5. The molecule has 0 aromatic rings. The van der Waals surface area contributed by atoms with E-state index in [4.69, 9.17) is 0 Å². The van der Waals surface area contributed by atoms with Crippen LogP contribution in [0.4, 0.5) is 0 Å². The highest BCUT2D eigenvalue weighted by molar-refractivity contribution is 5.61.